The summed E-state index contributed by atoms with van der Waals surface area (Å²) in [5, 5.41) is 2.74. The zero-order valence-corrected chi connectivity index (χ0v) is 10.5. The molecule has 0 bridgehead atoms. The monoisotopic (exact) mass is 286 g/mol. The molecule has 5 heteroatoms. The Bertz CT molecular complexity index is 436. The van der Waals surface area contributed by atoms with Crippen LogP contribution in [0.1, 0.15) is 13.3 Å². The molecule has 3 nitrogen and oxygen atoms in total. The summed E-state index contributed by atoms with van der Waals surface area (Å²) in [5.41, 5.74) is 1.42. The van der Waals surface area contributed by atoms with Crippen molar-refractivity contribution in [2.45, 2.75) is 13.3 Å². The van der Waals surface area contributed by atoms with Gasteiger partial charge in [-0.05, 0) is 28.4 Å². The van der Waals surface area contributed by atoms with Crippen molar-refractivity contribution in [2.24, 2.45) is 0 Å². The molecule has 0 unspecified atom stereocenters. The van der Waals surface area contributed by atoms with Crippen molar-refractivity contribution in [3.8, 4) is 0 Å². The fourth-order valence-corrected chi connectivity index (χ4v) is 2.16. The molecule has 86 valence electrons. The summed E-state index contributed by atoms with van der Waals surface area (Å²) in [7, 11) is 0. The minimum atomic E-state index is -0.309. The molecule has 0 fully saturated rings. The van der Waals surface area contributed by atoms with Gasteiger partial charge in [0.15, 0.2) is 0 Å². The molecule has 1 aromatic rings. The van der Waals surface area contributed by atoms with Crippen molar-refractivity contribution in [1.82, 2.24) is 0 Å². The molecule has 1 heterocycles. The number of rotatable bonds is 2. The predicted octanol–water partition coefficient (Wildman–Crippen LogP) is 2.76. The molecule has 0 saturated carbocycles. The highest BCUT2D eigenvalue weighted by Gasteiger charge is 2.22. The van der Waals surface area contributed by atoms with Crippen LogP contribution < -0.4 is 10.2 Å². The lowest BCUT2D eigenvalue weighted by Crippen LogP contribution is -2.38. The quantitative estimate of drug-likeness (QED) is 0.907. The van der Waals surface area contributed by atoms with E-state index in [9.17, 15) is 9.18 Å². The Morgan fingerprint density at radius 3 is 3.00 bits per heavy atom. The summed E-state index contributed by atoms with van der Waals surface area (Å²) in [6.45, 7) is 3.07. The molecule has 0 aromatic heterocycles. The number of nitrogens with zero attached hydrogens (tertiary/aromatic N) is 1. The van der Waals surface area contributed by atoms with Gasteiger partial charge in [-0.1, -0.05) is 6.92 Å². The third-order valence-electron chi connectivity index (χ3n) is 2.48. The maximum absolute atomic E-state index is 13.4. The van der Waals surface area contributed by atoms with Gasteiger partial charge >= 0.3 is 0 Å². The molecule has 1 amide bonds. The van der Waals surface area contributed by atoms with Crippen LogP contribution in [0.4, 0.5) is 15.8 Å². The van der Waals surface area contributed by atoms with Gasteiger partial charge in [0.25, 0.3) is 0 Å². The summed E-state index contributed by atoms with van der Waals surface area (Å²) >= 11 is 3.11. The van der Waals surface area contributed by atoms with Crippen molar-refractivity contribution >= 4 is 33.2 Å². The van der Waals surface area contributed by atoms with Crippen LogP contribution in [-0.2, 0) is 4.79 Å². The van der Waals surface area contributed by atoms with E-state index >= 15 is 0 Å². The number of benzene rings is 1. The molecule has 2 rings (SSSR count). The van der Waals surface area contributed by atoms with E-state index in [0.717, 1.165) is 18.7 Å². The van der Waals surface area contributed by atoms with Gasteiger partial charge in [-0.15, -0.1) is 0 Å². The van der Waals surface area contributed by atoms with Crippen LogP contribution >= 0.6 is 15.9 Å². The lowest BCUT2D eigenvalue weighted by molar-refractivity contribution is -0.115. The summed E-state index contributed by atoms with van der Waals surface area (Å²) < 4.78 is 13.8. The van der Waals surface area contributed by atoms with E-state index < -0.39 is 0 Å². The average Bonchev–Trinajstić information content (AvgIpc) is 2.21. The van der Waals surface area contributed by atoms with Crippen molar-refractivity contribution in [3.63, 3.8) is 0 Å². The molecule has 0 spiro atoms. The number of nitrogens with one attached hydrogen (secondary N) is 1. The average molecular weight is 287 g/mol. The Hall–Kier alpha value is -1.10. The van der Waals surface area contributed by atoms with E-state index in [1.807, 2.05) is 11.8 Å². The van der Waals surface area contributed by atoms with Crippen LogP contribution in [0.3, 0.4) is 0 Å². The van der Waals surface area contributed by atoms with Gasteiger partial charge in [0, 0.05) is 12.6 Å². The zero-order valence-electron chi connectivity index (χ0n) is 8.89. The molecule has 1 aliphatic rings. The highest BCUT2D eigenvalue weighted by atomic mass is 79.9. The lowest BCUT2D eigenvalue weighted by Gasteiger charge is -2.30. The van der Waals surface area contributed by atoms with Crippen molar-refractivity contribution in [1.29, 1.82) is 0 Å². The van der Waals surface area contributed by atoms with Gasteiger partial charge in [-0.3, -0.25) is 4.79 Å². The van der Waals surface area contributed by atoms with E-state index in [2.05, 4.69) is 21.2 Å². The molecular formula is C11H12BrFN2O. The summed E-state index contributed by atoms with van der Waals surface area (Å²) in [4.78, 5) is 13.3. The van der Waals surface area contributed by atoms with Gasteiger partial charge < -0.3 is 10.2 Å². The highest BCUT2D eigenvalue weighted by molar-refractivity contribution is 9.10. The Kier molecular flexibility index (Phi) is 3.14. The standard InChI is InChI=1S/C11H12BrFN2O/c1-2-3-15-6-11(16)14-9-4-7(12)8(13)5-10(9)15/h4-5H,2-3,6H2,1H3,(H,14,16). The van der Waals surface area contributed by atoms with E-state index in [1.165, 1.54) is 6.07 Å². The maximum Gasteiger partial charge on any atom is 0.243 e. The smallest absolute Gasteiger partial charge is 0.243 e. The molecule has 0 aliphatic carbocycles. The Morgan fingerprint density at radius 2 is 2.31 bits per heavy atom. The topological polar surface area (TPSA) is 32.3 Å². The van der Waals surface area contributed by atoms with Crippen molar-refractivity contribution in [2.75, 3.05) is 23.3 Å². The number of hydrogen-bond acceptors (Lipinski definition) is 2. The fourth-order valence-electron chi connectivity index (χ4n) is 1.82. The van der Waals surface area contributed by atoms with Crippen molar-refractivity contribution in [3.05, 3.63) is 22.4 Å². The van der Waals surface area contributed by atoms with E-state index in [0.29, 0.717) is 16.7 Å². The first-order valence-corrected chi connectivity index (χ1v) is 5.95. The van der Waals surface area contributed by atoms with Gasteiger partial charge in [0.05, 0.1) is 22.4 Å². The van der Waals surface area contributed by atoms with Crippen LogP contribution in [-0.4, -0.2) is 19.0 Å². The minimum Gasteiger partial charge on any atom is -0.360 e. The molecule has 1 aliphatic heterocycles. The Labute approximate surface area is 102 Å². The van der Waals surface area contributed by atoms with Crippen molar-refractivity contribution < 1.29 is 9.18 Å². The molecule has 0 atom stereocenters. The number of halogens is 2. The lowest BCUT2D eigenvalue weighted by atomic mass is 10.2. The number of carbonyl (C=O) groups is 1. The van der Waals surface area contributed by atoms with Gasteiger partial charge in [0.2, 0.25) is 5.91 Å². The molecule has 1 aromatic carbocycles. The van der Waals surface area contributed by atoms with Gasteiger partial charge in [-0.25, -0.2) is 4.39 Å². The third kappa shape index (κ3) is 2.04. The first-order valence-electron chi connectivity index (χ1n) is 5.15. The molecule has 16 heavy (non-hydrogen) atoms. The second-order valence-corrected chi connectivity index (χ2v) is 4.61. The first kappa shape index (κ1) is 11.4. The summed E-state index contributed by atoms with van der Waals surface area (Å²) in [6, 6.07) is 3.05. The second-order valence-electron chi connectivity index (χ2n) is 3.75. The SMILES string of the molecule is CCCN1CC(=O)Nc2cc(Br)c(F)cc21. The summed E-state index contributed by atoms with van der Waals surface area (Å²) in [6.07, 6.45) is 0.921. The van der Waals surface area contributed by atoms with Crippen LogP contribution in [0.15, 0.2) is 16.6 Å². The largest absolute Gasteiger partial charge is 0.360 e. The third-order valence-corrected chi connectivity index (χ3v) is 3.09. The van der Waals surface area contributed by atoms with Gasteiger partial charge in [0.1, 0.15) is 5.82 Å². The van der Waals surface area contributed by atoms with Crippen LogP contribution in [0, 0.1) is 5.82 Å². The number of amides is 1. The Balaban J connectivity index is 2.44. The van der Waals surface area contributed by atoms with Crippen LogP contribution in [0.5, 0.6) is 0 Å². The zero-order chi connectivity index (χ0) is 11.7. The minimum absolute atomic E-state index is 0.0561. The normalized spacial score (nSPS) is 14.7. The predicted molar refractivity (Wildman–Crippen MR) is 65.2 cm³/mol. The molecule has 1 N–H and O–H groups in total. The van der Waals surface area contributed by atoms with E-state index in [4.69, 9.17) is 0 Å². The fraction of sp³-hybridized carbons (Fsp3) is 0.364. The summed E-state index contributed by atoms with van der Waals surface area (Å²) in [5.74, 6) is -0.365. The molecule has 0 saturated heterocycles. The first-order chi connectivity index (χ1) is 7.61. The molecular weight excluding hydrogens is 275 g/mol. The second kappa shape index (κ2) is 4.41. The van der Waals surface area contributed by atoms with Crippen LogP contribution in [0.2, 0.25) is 0 Å². The number of carbonyl (C=O) groups excluding carboxylic acids is 1. The Morgan fingerprint density at radius 1 is 1.56 bits per heavy atom. The number of anilines is 2. The maximum atomic E-state index is 13.4. The van der Waals surface area contributed by atoms with E-state index in [1.54, 1.807) is 6.07 Å². The molecule has 0 radical (unpaired) electrons. The van der Waals surface area contributed by atoms with Crippen LogP contribution in [0.25, 0.3) is 0 Å². The highest BCUT2D eigenvalue weighted by Crippen LogP contribution is 2.34. The number of fused-ring (bicyclic) bond motifs is 1. The number of hydrogen-bond donors (Lipinski definition) is 1. The van der Waals surface area contributed by atoms with E-state index in [-0.39, 0.29) is 11.7 Å². The van der Waals surface area contributed by atoms with Gasteiger partial charge in [-0.2, -0.15) is 0 Å².